The molecular weight excluding hydrogens is 290 g/mol. The summed E-state index contributed by atoms with van der Waals surface area (Å²) in [6, 6.07) is 3.50. The Morgan fingerprint density at radius 2 is 2.09 bits per heavy atom. The van der Waals surface area contributed by atoms with Gasteiger partial charge in [0.2, 0.25) is 0 Å². The zero-order chi connectivity index (χ0) is 16.5. The van der Waals surface area contributed by atoms with E-state index in [0.717, 1.165) is 0 Å². The normalized spacial score (nSPS) is 11.4. The van der Waals surface area contributed by atoms with Crippen LogP contribution in [-0.2, 0) is 9.53 Å². The molecule has 0 aliphatic rings. The van der Waals surface area contributed by atoms with Crippen LogP contribution in [0.4, 0.5) is 0 Å². The largest absolute Gasteiger partial charge is 0.497 e. The number of carboxylic acids is 1. The van der Waals surface area contributed by atoms with Crippen molar-refractivity contribution >= 4 is 11.9 Å². The number of carboxylic acid groups (broad SMARTS) is 1. The maximum Gasteiger partial charge on any atom is 0.328 e. The van der Waals surface area contributed by atoms with Crippen molar-refractivity contribution < 1.29 is 28.9 Å². The first kappa shape index (κ1) is 17.5. The summed E-state index contributed by atoms with van der Waals surface area (Å²) >= 11 is 0. The summed E-state index contributed by atoms with van der Waals surface area (Å²) in [6.45, 7) is 3.49. The van der Waals surface area contributed by atoms with E-state index in [2.05, 4.69) is 11.9 Å². The Kier molecular flexibility index (Phi) is 6.91. The molecule has 0 heterocycles. The quantitative estimate of drug-likeness (QED) is 0.524. The number of benzene rings is 1. The molecule has 120 valence electrons. The van der Waals surface area contributed by atoms with Gasteiger partial charge in [0, 0.05) is 0 Å². The number of methoxy groups -OCH3 is 2. The SMILES string of the molecule is C=CCOCC(NC(=O)c1cc(OC)ccc1OC)C(=O)O. The van der Waals surface area contributed by atoms with Crippen LogP contribution in [0, 0.1) is 0 Å². The van der Waals surface area contributed by atoms with Crippen LogP contribution in [-0.4, -0.2) is 50.5 Å². The minimum absolute atomic E-state index is 0.167. The van der Waals surface area contributed by atoms with Gasteiger partial charge >= 0.3 is 5.97 Å². The second-order valence-electron chi connectivity index (χ2n) is 4.26. The molecule has 1 aromatic rings. The van der Waals surface area contributed by atoms with Crippen LogP contribution in [0.2, 0.25) is 0 Å². The van der Waals surface area contributed by atoms with Crippen molar-refractivity contribution in [2.45, 2.75) is 6.04 Å². The van der Waals surface area contributed by atoms with E-state index in [4.69, 9.17) is 19.3 Å². The maximum absolute atomic E-state index is 12.3. The first-order valence-electron chi connectivity index (χ1n) is 6.47. The minimum atomic E-state index is -1.20. The molecule has 7 nitrogen and oxygen atoms in total. The number of hydrogen-bond donors (Lipinski definition) is 2. The van der Waals surface area contributed by atoms with E-state index >= 15 is 0 Å². The number of ether oxygens (including phenoxy) is 3. The zero-order valence-electron chi connectivity index (χ0n) is 12.5. The number of rotatable bonds is 9. The van der Waals surface area contributed by atoms with Crippen LogP contribution < -0.4 is 14.8 Å². The van der Waals surface area contributed by atoms with Gasteiger partial charge in [0.05, 0.1) is 33.0 Å². The van der Waals surface area contributed by atoms with Gasteiger partial charge in [0.1, 0.15) is 11.5 Å². The van der Waals surface area contributed by atoms with E-state index in [-0.39, 0.29) is 18.8 Å². The molecule has 0 aliphatic carbocycles. The number of carbonyl (C=O) groups excluding carboxylic acids is 1. The predicted molar refractivity (Wildman–Crippen MR) is 79.5 cm³/mol. The molecule has 0 saturated heterocycles. The standard InChI is InChI=1S/C15H19NO6/c1-4-7-22-9-12(15(18)19)16-14(17)11-8-10(20-2)5-6-13(11)21-3/h4-6,8,12H,1,7,9H2,2-3H3,(H,16,17)(H,18,19). The molecule has 0 bridgehead atoms. The molecule has 7 heteroatoms. The summed E-state index contributed by atoms with van der Waals surface area (Å²) in [5, 5.41) is 11.5. The van der Waals surface area contributed by atoms with Crippen molar-refractivity contribution in [2.24, 2.45) is 0 Å². The summed E-state index contributed by atoms with van der Waals surface area (Å²) < 4.78 is 15.2. The van der Waals surface area contributed by atoms with Gasteiger partial charge in [-0.3, -0.25) is 4.79 Å². The lowest BCUT2D eigenvalue weighted by Gasteiger charge is -2.16. The average Bonchev–Trinajstić information content (AvgIpc) is 2.53. The predicted octanol–water partition coefficient (Wildman–Crippen LogP) is 1.09. The van der Waals surface area contributed by atoms with Gasteiger partial charge < -0.3 is 24.6 Å². The molecule has 0 aliphatic heterocycles. The molecule has 22 heavy (non-hydrogen) atoms. The highest BCUT2D eigenvalue weighted by atomic mass is 16.5. The van der Waals surface area contributed by atoms with Crippen LogP contribution in [0.15, 0.2) is 30.9 Å². The monoisotopic (exact) mass is 309 g/mol. The van der Waals surface area contributed by atoms with Crippen molar-refractivity contribution in [2.75, 3.05) is 27.4 Å². The number of aliphatic carboxylic acids is 1. The smallest absolute Gasteiger partial charge is 0.328 e. The lowest BCUT2D eigenvalue weighted by Crippen LogP contribution is -2.44. The Balaban J connectivity index is 2.89. The second kappa shape index (κ2) is 8.68. The summed E-state index contributed by atoms with van der Waals surface area (Å²) in [5.74, 6) is -1.01. The topological polar surface area (TPSA) is 94.1 Å². The average molecular weight is 309 g/mol. The highest BCUT2D eigenvalue weighted by Crippen LogP contribution is 2.23. The molecule has 1 atom stereocenters. The van der Waals surface area contributed by atoms with E-state index in [1.165, 1.54) is 26.4 Å². The number of nitrogens with one attached hydrogen (secondary N) is 1. The van der Waals surface area contributed by atoms with Crippen molar-refractivity contribution in [3.8, 4) is 11.5 Å². The van der Waals surface area contributed by atoms with E-state index in [0.29, 0.717) is 11.5 Å². The molecule has 1 rings (SSSR count). The molecule has 1 unspecified atom stereocenters. The Hall–Kier alpha value is -2.54. The van der Waals surface area contributed by atoms with Gasteiger partial charge in [0.15, 0.2) is 6.04 Å². The number of amides is 1. The van der Waals surface area contributed by atoms with Crippen molar-refractivity contribution in [1.82, 2.24) is 5.32 Å². The molecule has 0 fully saturated rings. The molecule has 0 spiro atoms. The van der Waals surface area contributed by atoms with Gasteiger partial charge in [0.25, 0.3) is 5.91 Å². The first-order valence-corrected chi connectivity index (χ1v) is 6.47. The van der Waals surface area contributed by atoms with Gasteiger partial charge in [-0.05, 0) is 18.2 Å². The van der Waals surface area contributed by atoms with Gasteiger partial charge in [-0.1, -0.05) is 6.08 Å². The number of hydrogen-bond acceptors (Lipinski definition) is 5. The maximum atomic E-state index is 12.3. The Morgan fingerprint density at radius 3 is 2.64 bits per heavy atom. The lowest BCUT2D eigenvalue weighted by atomic mass is 10.1. The third-order valence-electron chi connectivity index (χ3n) is 2.77. The van der Waals surface area contributed by atoms with E-state index in [9.17, 15) is 9.59 Å². The van der Waals surface area contributed by atoms with Crippen LogP contribution in [0.3, 0.4) is 0 Å². The fourth-order valence-corrected chi connectivity index (χ4v) is 1.67. The summed E-state index contributed by atoms with van der Waals surface area (Å²) in [6.07, 6.45) is 1.49. The van der Waals surface area contributed by atoms with Crippen LogP contribution in [0.1, 0.15) is 10.4 Å². The van der Waals surface area contributed by atoms with E-state index < -0.39 is 17.9 Å². The molecule has 2 N–H and O–H groups in total. The molecule has 0 aromatic heterocycles. The van der Waals surface area contributed by atoms with Crippen LogP contribution >= 0.6 is 0 Å². The molecule has 1 aromatic carbocycles. The van der Waals surface area contributed by atoms with Crippen molar-refractivity contribution in [3.63, 3.8) is 0 Å². The highest BCUT2D eigenvalue weighted by Gasteiger charge is 2.23. The van der Waals surface area contributed by atoms with E-state index in [1.54, 1.807) is 12.1 Å². The molecule has 0 radical (unpaired) electrons. The molecule has 0 saturated carbocycles. The fourth-order valence-electron chi connectivity index (χ4n) is 1.67. The Morgan fingerprint density at radius 1 is 1.36 bits per heavy atom. The molecule has 1 amide bonds. The minimum Gasteiger partial charge on any atom is -0.497 e. The van der Waals surface area contributed by atoms with Crippen LogP contribution in [0.25, 0.3) is 0 Å². The Labute approximate surface area is 128 Å². The highest BCUT2D eigenvalue weighted by molar-refractivity contribution is 5.99. The van der Waals surface area contributed by atoms with Crippen molar-refractivity contribution in [1.29, 1.82) is 0 Å². The second-order valence-corrected chi connectivity index (χ2v) is 4.26. The zero-order valence-corrected chi connectivity index (χ0v) is 12.5. The van der Waals surface area contributed by atoms with Crippen molar-refractivity contribution in [3.05, 3.63) is 36.4 Å². The number of carbonyl (C=O) groups is 2. The molecular formula is C15H19NO6. The summed E-state index contributed by atoms with van der Waals surface area (Å²) in [5.41, 5.74) is 0.178. The van der Waals surface area contributed by atoms with Crippen LogP contribution in [0.5, 0.6) is 11.5 Å². The van der Waals surface area contributed by atoms with Gasteiger partial charge in [-0.25, -0.2) is 4.79 Å². The summed E-state index contributed by atoms with van der Waals surface area (Å²) in [4.78, 5) is 23.4. The fraction of sp³-hybridized carbons (Fsp3) is 0.333. The van der Waals surface area contributed by atoms with E-state index in [1.807, 2.05) is 0 Å². The lowest BCUT2D eigenvalue weighted by molar-refractivity contribution is -0.140. The Bertz CT molecular complexity index is 543. The summed E-state index contributed by atoms with van der Waals surface area (Å²) in [7, 11) is 2.88. The van der Waals surface area contributed by atoms with Gasteiger partial charge in [-0.15, -0.1) is 6.58 Å². The first-order chi connectivity index (χ1) is 10.5. The third kappa shape index (κ3) is 4.78. The third-order valence-corrected chi connectivity index (χ3v) is 2.77. The van der Waals surface area contributed by atoms with Gasteiger partial charge in [-0.2, -0.15) is 0 Å².